The van der Waals surface area contributed by atoms with Crippen molar-refractivity contribution in [3.8, 4) is 11.3 Å². The van der Waals surface area contributed by atoms with Crippen molar-refractivity contribution in [2.45, 2.75) is 20.6 Å². The van der Waals surface area contributed by atoms with Gasteiger partial charge < -0.3 is 9.30 Å². The van der Waals surface area contributed by atoms with Crippen LogP contribution in [0.1, 0.15) is 11.5 Å². The second-order valence-corrected chi connectivity index (χ2v) is 3.68. The molecule has 0 aliphatic carbocycles. The predicted molar refractivity (Wildman–Crippen MR) is 61.9 cm³/mol. The van der Waals surface area contributed by atoms with Crippen molar-refractivity contribution in [1.82, 2.24) is 14.5 Å². The zero-order valence-electron chi connectivity index (χ0n) is 9.77. The van der Waals surface area contributed by atoms with Crippen molar-refractivity contribution in [2.75, 3.05) is 7.11 Å². The summed E-state index contributed by atoms with van der Waals surface area (Å²) in [6.45, 7) is 4.55. The van der Waals surface area contributed by atoms with E-state index in [2.05, 4.69) is 9.97 Å². The molecule has 84 valence electrons. The van der Waals surface area contributed by atoms with Crippen LogP contribution in [-0.2, 0) is 11.5 Å². The van der Waals surface area contributed by atoms with E-state index in [0.29, 0.717) is 6.73 Å². The summed E-state index contributed by atoms with van der Waals surface area (Å²) in [6.07, 6.45) is 3.59. The van der Waals surface area contributed by atoms with Crippen molar-refractivity contribution in [3.05, 3.63) is 36.0 Å². The highest BCUT2D eigenvalue weighted by Crippen LogP contribution is 2.22. The zero-order valence-corrected chi connectivity index (χ0v) is 9.77. The third kappa shape index (κ3) is 1.84. The Morgan fingerprint density at radius 3 is 2.81 bits per heavy atom. The molecule has 0 amide bonds. The van der Waals surface area contributed by atoms with E-state index < -0.39 is 0 Å². The van der Waals surface area contributed by atoms with Crippen LogP contribution >= 0.6 is 0 Å². The third-order valence-electron chi connectivity index (χ3n) is 2.60. The maximum absolute atomic E-state index is 5.15. The van der Waals surface area contributed by atoms with E-state index in [1.54, 1.807) is 13.3 Å². The lowest BCUT2D eigenvalue weighted by molar-refractivity contribution is 0.128. The molecule has 2 aromatic heterocycles. The Bertz CT molecular complexity index is 477. The topological polar surface area (TPSA) is 39.9 Å². The number of hydrogen-bond acceptors (Lipinski definition) is 3. The minimum Gasteiger partial charge on any atom is -0.364 e. The molecule has 16 heavy (non-hydrogen) atoms. The summed E-state index contributed by atoms with van der Waals surface area (Å²) in [7, 11) is 1.68. The lowest BCUT2D eigenvalue weighted by atomic mass is 10.2. The number of aryl methyl sites for hydroxylation is 1. The van der Waals surface area contributed by atoms with Gasteiger partial charge in [-0.1, -0.05) is 0 Å². The maximum atomic E-state index is 5.15. The lowest BCUT2D eigenvalue weighted by Gasteiger charge is -2.05. The van der Waals surface area contributed by atoms with Gasteiger partial charge in [0.1, 0.15) is 12.6 Å². The van der Waals surface area contributed by atoms with Gasteiger partial charge in [-0.15, -0.1) is 0 Å². The third-order valence-corrected chi connectivity index (χ3v) is 2.60. The van der Waals surface area contributed by atoms with Crippen LogP contribution < -0.4 is 0 Å². The van der Waals surface area contributed by atoms with Crippen molar-refractivity contribution >= 4 is 0 Å². The number of aromatic nitrogens is 3. The molecule has 0 aliphatic rings. The van der Waals surface area contributed by atoms with Crippen LogP contribution in [0.25, 0.3) is 11.3 Å². The number of ether oxygens (including phenoxy) is 1. The largest absolute Gasteiger partial charge is 0.364 e. The molecule has 0 saturated carbocycles. The highest BCUT2D eigenvalue weighted by atomic mass is 16.5. The molecule has 4 heteroatoms. The molecular weight excluding hydrogens is 202 g/mol. The van der Waals surface area contributed by atoms with Gasteiger partial charge in [-0.25, -0.2) is 4.98 Å². The molecule has 0 saturated heterocycles. The fourth-order valence-corrected chi connectivity index (χ4v) is 1.77. The fraction of sp³-hybridized carbons (Fsp3) is 0.333. The van der Waals surface area contributed by atoms with Gasteiger partial charge in [-0.05, 0) is 26.0 Å². The number of methoxy groups -OCH3 is 1. The van der Waals surface area contributed by atoms with Gasteiger partial charge in [0.05, 0.1) is 5.69 Å². The van der Waals surface area contributed by atoms with E-state index in [9.17, 15) is 0 Å². The Hall–Kier alpha value is -1.68. The molecule has 0 unspecified atom stereocenters. The predicted octanol–water partition coefficient (Wildman–Crippen LogP) is 2.17. The van der Waals surface area contributed by atoms with Gasteiger partial charge in [0.25, 0.3) is 0 Å². The van der Waals surface area contributed by atoms with Gasteiger partial charge in [0.15, 0.2) is 0 Å². The molecule has 0 N–H and O–H groups in total. The molecule has 0 bridgehead atoms. The normalized spacial score (nSPS) is 10.7. The van der Waals surface area contributed by atoms with Gasteiger partial charge >= 0.3 is 0 Å². The maximum Gasteiger partial charge on any atom is 0.123 e. The summed E-state index contributed by atoms with van der Waals surface area (Å²) in [5.74, 6) is 0.957. The van der Waals surface area contributed by atoms with Gasteiger partial charge in [-0.3, -0.25) is 4.98 Å². The first-order chi connectivity index (χ1) is 7.74. The van der Waals surface area contributed by atoms with Crippen LogP contribution in [0.4, 0.5) is 0 Å². The lowest BCUT2D eigenvalue weighted by Crippen LogP contribution is -2.03. The van der Waals surface area contributed by atoms with Crippen LogP contribution in [0.3, 0.4) is 0 Å². The number of rotatable bonds is 3. The second kappa shape index (κ2) is 4.45. The van der Waals surface area contributed by atoms with E-state index in [1.165, 1.54) is 0 Å². The van der Waals surface area contributed by atoms with E-state index in [1.807, 2.05) is 36.7 Å². The Labute approximate surface area is 94.9 Å². The first-order valence-corrected chi connectivity index (χ1v) is 5.17. The van der Waals surface area contributed by atoms with Crippen LogP contribution in [0, 0.1) is 13.8 Å². The minimum absolute atomic E-state index is 0.533. The number of hydrogen-bond donors (Lipinski definition) is 0. The van der Waals surface area contributed by atoms with Crippen LogP contribution in [0.2, 0.25) is 0 Å². The van der Waals surface area contributed by atoms with Crippen LogP contribution in [0.5, 0.6) is 0 Å². The zero-order chi connectivity index (χ0) is 11.5. The SMILES string of the molecule is COCn1c(C)nc(-c2cccnc2)c1C. The van der Waals surface area contributed by atoms with Gasteiger partial charge in [0, 0.05) is 30.8 Å². The summed E-state index contributed by atoms with van der Waals surface area (Å²) >= 11 is 0. The second-order valence-electron chi connectivity index (χ2n) is 3.68. The summed E-state index contributed by atoms with van der Waals surface area (Å²) < 4.78 is 7.19. The Morgan fingerprint density at radius 2 is 2.19 bits per heavy atom. The first-order valence-electron chi connectivity index (χ1n) is 5.17. The number of imidazole rings is 1. The summed E-state index contributed by atoms with van der Waals surface area (Å²) in [6, 6.07) is 3.93. The number of pyridine rings is 1. The molecule has 0 atom stereocenters. The van der Waals surface area contributed by atoms with E-state index in [-0.39, 0.29) is 0 Å². The summed E-state index contributed by atoms with van der Waals surface area (Å²) in [4.78, 5) is 8.65. The van der Waals surface area contributed by atoms with Crippen molar-refractivity contribution < 1.29 is 4.74 Å². The molecule has 0 radical (unpaired) electrons. The molecule has 0 aliphatic heterocycles. The molecule has 0 aromatic carbocycles. The summed E-state index contributed by atoms with van der Waals surface area (Å²) in [5.41, 5.74) is 3.12. The average molecular weight is 217 g/mol. The molecule has 4 nitrogen and oxygen atoms in total. The summed E-state index contributed by atoms with van der Waals surface area (Å²) in [5, 5.41) is 0. The Kier molecular flexibility index (Phi) is 3.01. The Balaban J connectivity index is 2.47. The van der Waals surface area contributed by atoms with Gasteiger partial charge in [-0.2, -0.15) is 0 Å². The molecule has 2 heterocycles. The molecule has 2 aromatic rings. The molecular formula is C12H15N3O. The number of nitrogens with zero attached hydrogens (tertiary/aromatic N) is 3. The fourth-order valence-electron chi connectivity index (χ4n) is 1.77. The smallest absolute Gasteiger partial charge is 0.123 e. The average Bonchev–Trinajstić information content (AvgIpc) is 2.59. The van der Waals surface area contributed by atoms with E-state index in [4.69, 9.17) is 4.74 Å². The van der Waals surface area contributed by atoms with Crippen molar-refractivity contribution in [3.63, 3.8) is 0 Å². The molecule has 0 fully saturated rings. The molecule has 0 spiro atoms. The molecule has 2 rings (SSSR count). The monoisotopic (exact) mass is 217 g/mol. The van der Waals surface area contributed by atoms with Crippen molar-refractivity contribution in [2.24, 2.45) is 0 Å². The van der Waals surface area contributed by atoms with E-state index in [0.717, 1.165) is 22.8 Å². The van der Waals surface area contributed by atoms with E-state index >= 15 is 0 Å². The highest BCUT2D eigenvalue weighted by Gasteiger charge is 2.11. The quantitative estimate of drug-likeness (QED) is 0.791. The highest BCUT2D eigenvalue weighted by molar-refractivity contribution is 5.60. The standard InChI is InChI=1S/C12H15N3O/c1-9-12(11-5-4-6-13-7-11)14-10(2)15(9)8-16-3/h4-7H,8H2,1-3H3. The van der Waals surface area contributed by atoms with Crippen LogP contribution in [0.15, 0.2) is 24.5 Å². The minimum atomic E-state index is 0.533. The first kappa shape index (κ1) is 10.8. The Morgan fingerprint density at radius 1 is 1.38 bits per heavy atom. The van der Waals surface area contributed by atoms with Gasteiger partial charge in [0.2, 0.25) is 0 Å². The van der Waals surface area contributed by atoms with Crippen LogP contribution in [-0.4, -0.2) is 21.6 Å². The van der Waals surface area contributed by atoms with Crippen molar-refractivity contribution in [1.29, 1.82) is 0 Å².